The molecule has 2 rings (SSSR count). The summed E-state index contributed by atoms with van der Waals surface area (Å²) < 4.78 is 0. The molecule has 2 aromatic rings. The van der Waals surface area contributed by atoms with E-state index in [4.69, 9.17) is 17.4 Å². The zero-order chi connectivity index (χ0) is 12.3. The van der Waals surface area contributed by atoms with E-state index in [9.17, 15) is 0 Å². The summed E-state index contributed by atoms with van der Waals surface area (Å²) in [6.45, 7) is 1.90. The molecular formula is C11H11ClN4S. The van der Waals surface area contributed by atoms with E-state index < -0.39 is 0 Å². The quantitative estimate of drug-likeness (QED) is 0.508. The number of nitrogens with one attached hydrogen (secondary N) is 1. The number of benzene rings is 1. The normalized spacial score (nSPS) is 10.3. The number of rotatable bonds is 3. The lowest BCUT2D eigenvalue weighted by atomic mass is 10.4. The Hall–Kier alpha value is -1.30. The van der Waals surface area contributed by atoms with Crippen LogP contribution < -0.4 is 11.3 Å². The maximum Gasteiger partial charge on any atom is 0.238 e. The first-order valence-electron chi connectivity index (χ1n) is 4.93. The lowest BCUT2D eigenvalue weighted by Gasteiger charge is -2.04. The molecule has 0 aliphatic heterocycles. The summed E-state index contributed by atoms with van der Waals surface area (Å²) >= 11 is 7.36. The predicted octanol–water partition coefficient (Wildman–Crippen LogP) is 2.88. The molecule has 0 aliphatic carbocycles. The van der Waals surface area contributed by atoms with Crippen LogP contribution in [0.3, 0.4) is 0 Å². The van der Waals surface area contributed by atoms with Crippen molar-refractivity contribution in [1.29, 1.82) is 0 Å². The maximum absolute atomic E-state index is 5.83. The molecule has 0 amide bonds. The molecule has 0 aliphatic rings. The van der Waals surface area contributed by atoms with E-state index in [1.165, 1.54) is 11.8 Å². The first kappa shape index (κ1) is 12.2. The molecule has 0 atom stereocenters. The summed E-state index contributed by atoms with van der Waals surface area (Å²) in [5.74, 6) is 5.72. The fourth-order valence-electron chi connectivity index (χ4n) is 1.28. The van der Waals surface area contributed by atoms with Gasteiger partial charge in [0.25, 0.3) is 0 Å². The molecule has 1 aromatic heterocycles. The number of nitrogen functional groups attached to an aromatic ring is 1. The number of aromatic nitrogens is 2. The molecule has 0 unspecified atom stereocenters. The van der Waals surface area contributed by atoms with Gasteiger partial charge in [-0.1, -0.05) is 23.4 Å². The zero-order valence-electron chi connectivity index (χ0n) is 9.14. The Bertz CT molecular complexity index is 515. The Balaban J connectivity index is 2.23. The molecule has 4 nitrogen and oxygen atoms in total. The molecule has 1 aromatic carbocycles. The molecule has 0 saturated heterocycles. The summed E-state index contributed by atoms with van der Waals surface area (Å²) in [5.41, 5.74) is 3.31. The van der Waals surface area contributed by atoms with Crippen molar-refractivity contribution in [3.05, 3.63) is 41.0 Å². The van der Waals surface area contributed by atoms with Gasteiger partial charge in [0.15, 0.2) is 0 Å². The molecule has 0 radical (unpaired) electrons. The lowest BCUT2D eigenvalue weighted by molar-refractivity contribution is 0.994. The number of aryl methyl sites for hydroxylation is 1. The summed E-state index contributed by atoms with van der Waals surface area (Å²) in [6, 6.07) is 9.49. The molecule has 0 saturated carbocycles. The third-order valence-corrected chi connectivity index (χ3v) is 3.17. The topological polar surface area (TPSA) is 63.8 Å². The van der Waals surface area contributed by atoms with Crippen molar-refractivity contribution in [3.8, 4) is 0 Å². The Morgan fingerprint density at radius 1 is 1.24 bits per heavy atom. The van der Waals surface area contributed by atoms with Gasteiger partial charge in [-0.2, -0.15) is 0 Å². The van der Waals surface area contributed by atoms with Crippen molar-refractivity contribution >= 4 is 29.3 Å². The van der Waals surface area contributed by atoms with Crippen molar-refractivity contribution in [2.75, 3.05) is 5.43 Å². The van der Waals surface area contributed by atoms with Crippen LogP contribution in [0.4, 0.5) is 5.95 Å². The van der Waals surface area contributed by atoms with Crippen molar-refractivity contribution in [1.82, 2.24) is 9.97 Å². The minimum atomic E-state index is 0.418. The molecule has 1 heterocycles. The first-order valence-corrected chi connectivity index (χ1v) is 6.12. The van der Waals surface area contributed by atoms with Crippen LogP contribution in [0.5, 0.6) is 0 Å². The van der Waals surface area contributed by atoms with Gasteiger partial charge >= 0.3 is 0 Å². The highest BCUT2D eigenvalue weighted by Gasteiger charge is 2.03. The average Bonchev–Trinajstić information content (AvgIpc) is 2.31. The third kappa shape index (κ3) is 3.33. The Kier molecular flexibility index (Phi) is 3.83. The second kappa shape index (κ2) is 5.35. The molecule has 3 N–H and O–H groups in total. The summed E-state index contributed by atoms with van der Waals surface area (Å²) in [4.78, 5) is 9.44. The molecule has 88 valence electrons. The van der Waals surface area contributed by atoms with E-state index in [1.54, 1.807) is 0 Å². The number of halogens is 1. The van der Waals surface area contributed by atoms with Crippen LogP contribution in [0, 0.1) is 6.92 Å². The molecule has 0 spiro atoms. The summed E-state index contributed by atoms with van der Waals surface area (Å²) in [7, 11) is 0. The van der Waals surface area contributed by atoms with Gasteiger partial charge in [-0.25, -0.2) is 15.8 Å². The Labute approximate surface area is 109 Å². The van der Waals surface area contributed by atoms with Crippen LogP contribution in [0.2, 0.25) is 5.02 Å². The van der Waals surface area contributed by atoms with E-state index in [0.29, 0.717) is 5.95 Å². The highest BCUT2D eigenvalue weighted by atomic mass is 35.5. The van der Waals surface area contributed by atoms with E-state index in [2.05, 4.69) is 15.4 Å². The maximum atomic E-state index is 5.83. The lowest BCUT2D eigenvalue weighted by Crippen LogP contribution is -2.11. The number of hydrazine groups is 1. The van der Waals surface area contributed by atoms with Crippen LogP contribution in [-0.2, 0) is 0 Å². The van der Waals surface area contributed by atoms with Gasteiger partial charge in [0.1, 0.15) is 5.03 Å². The minimum absolute atomic E-state index is 0.418. The SMILES string of the molecule is Cc1cc(Sc2ccc(Cl)cc2)nc(NN)n1. The second-order valence-corrected chi connectivity index (χ2v) is 4.90. The van der Waals surface area contributed by atoms with Crippen molar-refractivity contribution in [2.45, 2.75) is 16.8 Å². The van der Waals surface area contributed by atoms with Gasteiger partial charge in [0.05, 0.1) is 0 Å². The van der Waals surface area contributed by atoms with Gasteiger partial charge < -0.3 is 0 Å². The number of nitrogens with zero attached hydrogens (tertiary/aromatic N) is 2. The van der Waals surface area contributed by atoms with Crippen LogP contribution in [-0.4, -0.2) is 9.97 Å². The molecular weight excluding hydrogens is 256 g/mol. The van der Waals surface area contributed by atoms with Crippen molar-refractivity contribution in [2.24, 2.45) is 5.84 Å². The van der Waals surface area contributed by atoms with Crippen molar-refractivity contribution < 1.29 is 0 Å². The minimum Gasteiger partial charge on any atom is -0.292 e. The van der Waals surface area contributed by atoms with Crippen LogP contribution >= 0.6 is 23.4 Å². The third-order valence-electron chi connectivity index (χ3n) is 2.00. The van der Waals surface area contributed by atoms with Crippen LogP contribution in [0.1, 0.15) is 5.69 Å². The van der Waals surface area contributed by atoms with Gasteiger partial charge in [-0.3, -0.25) is 5.43 Å². The summed E-state index contributed by atoms with van der Waals surface area (Å²) in [6.07, 6.45) is 0. The number of hydrogen-bond donors (Lipinski definition) is 2. The van der Waals surface area contributed by atoms with Gasteiger partial charge in [0.2, 0.25) is 5.95 Å². The van der Waals surface area contributed by atoms with E-state index >= 15 is 0 Å². The average molecular weight is 267 g/mol. The first-order chi connectivity index (χ1) is 8.17. The molecule has 17 heavy (non-hydrogen) atoms. The monoisotopic (exact) mass is 266 g/mol. The largest absolute Gasteiger partial charge is 0.292 e. The van der Waals surface area contributed by atoms with Crippen LogP contribution in [0.25, 0.3) is 0 Å². The fraction of sp³-hybridized carbons (Fsp3) is 0.0909. The van der Waals surface area contributed by atoms with Gasteiger partial charge in [-0.15, -0.1) is 0 Å². The standard InChI is InChI=1S/C11H11ClN4S/c1-7-6-10(15-11(14-7)16-13)17-9-4-2-8(12)3-5-9/h2-6H,13H2,1H3,(H,14,15,16). The van der Waals surface area contributed by atoms with E-state index in [0.717, 1.165) is 20.6 Å². The van der Waals surface area contributed by atoms with E-state index in [-0.39, 0.29) is 0 Å². The second-order valence-electron chi connectivity index (χ2n) is 3.37. The smallest absolute Gasteiger partial charge is 0.238 e. The number of anilines is 1. The van der Waals surface area contributed by atoms with Gasteiger partial charge in [-0.05, 0) is 37.3 Å². The molecule has 0 fully saturated rings. The highest BCUT2D eigenvalue weighted by Crippen LogP contribution is 2.27. The highest BCUT2D eigenvalue weighted by molar-refractivity contribution is 7.99. The Morgan fingerprint density at radius 3 is 2.59 bits per heavy atom. The van der Waals surface area contributed by atoms with Crippen LogP contribution in [0.15, 0.2) is 40.3 Å². The zero-order valence-corrected chi connectivity index (χ0v) is 10.7. The number of hydrogen-bond acceptors (Lipinski definition) is 5. The van der Waals surface area contributed by atoms with Crippen molar-refractivity contribution in [3.63, 3.8) is 0 Å². The van der Waals surface area contributed by atoms with E-state index in [1.807, 2.05) is 37.3 Å². The predicted molar refractivity (Wildman–Crippen MR) is 70.2 cm³/mol. The molecule has 0 bridgehead atoms. The molecule has 6 heteroatoms. The summed E-state index contributed by atoms with van der Waals surface area (Å²) in [5, 5.41) is 1.56. The Morgan fingerprint density at radius 2 is 1.94 bits per heavy atom. The number of nitrogens with two attached hydrogens (primary N) is 1. The fourth-order valence-corrected chi connectivity index (χ4v) is 2.28. The van der Waals surface area contributed by atoms with Gasteiger partial charge in [0, 0.05) is 15.6 Å².